The topological polar surface area (TPSA) is 43.7 Å². The van der Waals surface area contributed by atoms with Crippen molar-refractivity contribution >= 4 is 0 Å². The van der Waals surface area contributed by atoms with Crippen LogP contribution in [0.2, 0.25) is 0 Å². The molecule has 3 heteroatoms. The van der Waals surface area contributed by atoms with Gasteiger partial charge in [-0.05, 0) is 24.8 Å². The Morgan fingerprint density at radius 2 is 2.25 bits per heavy atom. The number of hydrogen-bond donors (Lipinski definition) is 2. The normalized spacial score (nSPS) is 27.8. The molecule has 1 fully saturated rings. The Morgan fingerprint density at radius 1 is 1.50 bits per heavy atom. The first-order chi connectivity index (χ1) is 5.76. The van der Waals surface area contributed by atoms with Crippen molar-refractivity contribution in [2.24, 2.45) is 11.8 Å². The Hall–Kier alpha value is -0.120. The van der Waals surface area contributed by atoms with Crippen LogP contribution in [0.3, 0.4) is 0 Å². The lowest BCUT2D eigenvalue weighted by Gasteiger charge is -2.18. The van der Waals surface area contributed by atoms with Gasteiger partial charge in [-0.2, -0.15) is 0 Å². The molecule has 0 saturated carbocycles. The highest BCUT2D eigenvalue weighted by Gasteiger charge is 2.22. The van der Waals surface area contributed by atoms with Gasteiger partial charge in [0.1, 0.15) is 0 Å². The molecule has 1 heterocycles. The third-order valence-electron chi connectivity index (χ3n) is 2.51. The number of nitrogens with zero attached hydrogens (tertiary/aromatic N) is 1. The van der Waals surface area contributed by atoms with Gasteiger partial charge in [0.2, 0.25) is 0 Å². The minimum atomic E-state index is 0.264. The maximum Gasteiger partial charge on any atom is 0.0471 e. The highest BCUT2D eigenvalue weighted by molar-refractivity contribution is 4.75. The van der Waals surface area contributed by atoms with Gasteiger partial charge in [-0.3, -0.25) is 0 Å². The molecule has 0 spiro atoms. The van der Waals surface area contributed by atoms with Gasteiger partial charge in [0, 0.05) is 26.3 Å². The van der Waals surface area contributed by atoms with Crippen molar-refractivity contribution in [3.63, 3.8) is 0 Å². The summed E-state index contributed by atoms with van der Waals surface area (Å²) < 4.78 is 0. The SMILES string of the molecule is CC(CO)CN1CCC(CO)C1. The van der Waals surface area contributed by atoms with E-state index in [4.69, 9.17) is 10.2 Å². The molecule has 0 aromatic carbocycles. The summed E-state index contributed by atoms with van der Waals surface area (Å²) in [7, 11) is 0. The van der Waals surface area contributed by atoms with E-state index < -0.39 is 0 Å². The van der Waals surface area contributed by atoms with Gasteiger partial charge in [0.15, 0.2) is 0 Å². The summed E-state index contributed by atoms with van der Waals surface area (Å²) in [5.41, 5.74) is 0. The van der Waals surface area contributed by atoms with E-state index in [1.807, 2.05) is 6.92 Å². The Bertz CT molecular complexity index is 130. The Balaban J connectivity index is 2.18. The van der Waals surface area contributed by atoms with Crippen LogP contribution < -0.4 is 0 Å². The van der Waals surface area contributed by atoms with E-state index in [-0.39, 0.29) is 6.61 Å². The van der Waals surface area contributed by atoms with Gasteiger partial charge in [0.05, 0.1) is 0 Å². The van der Waals surface area contributed by atoms with Crippen molar-refractivity contribution in [1.29, 1.82) is 0 Å². The molecule has 12 heavy (non-hydrogen) atoms. The van der Waals surface area contributed by atoms with E-state index >= 15 is 0 Å². The highest BCUT2D eigenvalue weighted by atomic mass is 16.3. The van der Waals surface area contributed by atoms with Crippen molar-refractivity contribution in [3.05, 3.63) is 0 Å². The van der Waals surface area contributed by atoms with Crippen LogP contribution in [0, 0.1) is 11.8 Å². The fourth-order valence-corrected chi connectivity index (χ4v) is 1.73. The quantitative estimate of drug-likeness (QED) is 0.625. The second kappa shape index (κ2) is 4.80. The van der Waals surface area contributed by atoms with E-state index in [2.05, 4.69) is 4.90 Å². The van der Waals surface area contributed by atoms with E-state index in [0.717, 1.165) is 26.1 Å². The average molecular weight is 173 g/mol. The van der Waals surface area contributed by atoms with Gasteiger partial charge in [-0.15, -0.1) is 0 Å². The standard InChI is InChI=1S/C9H19NO2/c1-8(6-11)4-10-3-2-9(5-10)7-12/h8-9,11-12H,2-7H2,1H3. The second-order valence-corrected chi connectivity index (χ2v) is 3.88. The molecule has 0 aliphatic carbocycles. The summed E-state index contributed by atoms with van der Waals surface area (Å²) in [6, 6.07) is 0. The molecule has 0 aromatic heterocycles. The van der Waals surface area contributed by atoms with Crippen LogP contribution in [-0.4, -0.2) is 48.0 Å². The lowest BCUT2D eigenvalue weighted by molar-refractivity contribution is 0.179. The van der Waals surface area contributed by atoms with E-state index in [1.165, 1.54) is 0 Å². The summed E-state index contributed by atoms with van der Waals surface area (Å²) in [4.78, 5) is 2.32. The van der Waals surface area contributed by atoms with Crippen molar-refractivity contribution < 1.29 is 10.2 Å². The van der Waals surface area contributed by atoms with Crippen LogP contribution in [-0.2, 0) is 0 Å². The maximum atomic E-state index is 8.90. The molecule has 72 valence electrons. The molecule has 0 radical (unpaired) electrons. The van der Waals surface area contributed by atoms with Crippen molar-refractivity contribution in [2.75, 3.05) is 32.8 Å². The first-order valence-corrected chi connectivity index (χ1v) is 4.70. The van der Waals surface area contributed by atoms with Crippen LogP contribution in [0.15, 0.2) is 0 Å². The van der Waals surface area contributed by atoms with Gasteiger partial charge in [0.25, 0.3) is 0 Å². The van der Waals surface area contributed by atoms with Gasteiger partial charge in [-0.1, -0.05) is 6.92 Å². The summed E-state index contributed by atoms with van der Waals surface area (Å²) >= 11 is 0. The van der Waals surface area contributed by atoms with Gasteiger partial charge < -0.3 is 15.1 Å². The summed E-state index contributed by atoms with van der Waals surface area (Å²) in [5.74, 6) is 0.832. The van der Waals surface area contributed by atoms with E-state index in [1.54, 1.807) is 0 Å². The smallest absolute Gasteiger partial charge is 0.0471 e. The summed E-state index contributed by atoms with van der Waals surface area (Å²) in [5, 5.41) is 17.7. The van der Waals surface area contributed by atoms with Crippen molar-refractivity contribution in [3.8, 4) is 0 Å². The molecular weight excluding hydrogens is 154 g/mol. The number of aliphatic hydroxyl groups excluding tert-OH is 2. The predicted octanol–water partition coefficient (Wildman–Crippen LogP) is -0.0710. The average Bonchev–Trinajstić information content (AvgIpc) is 2.52. The summed E-state index contributed by atoms with van der Waals surface area (Å²) in [6.07, 6.45) is 1.11. The monoisotopic (exact) mass is 173 g/mol. The lowest BCUT2D eigenvalue weighted by Crippen LogP contribution is -2.28. The summed E-state index contributed by atoms with van der Waals surface area (Å²) in [6.45, 7) is 5.67. The number of likely N-dealkylation sites (tertiary alicyclic amines) is 1. The number of rotatable bonds is 4. The zero-order chi connectivity index (χ0) is 8.97. The minimum absolute atomic E-state index is 0.264. The minimum Gasteiger partial charge on any atom is -0.396 e. The number of aliphatic hydroxyl groups is 2. The zero-order valence-corrected chi connectivity index (χ0v) is 7.74. The molecule has 0 bridgehead atoms. The third-order valence-corrected chi connectivity index (χ3v) is 2.51. The fraction of sp³-hybridized carbons (Fsp3) is 1.00. The first kappa shape index (κ1) is 9.96. The Morgan fingerprint density at radius 3 is 2.75 bits per heavy atom. The van der Waals surface area contributed by atoms with Crippen LogP contribution in [0.4, 0.5) is 0 Å². The molecule has 2 N–H and O–H groups in total. The van der Waals surface area contributed by atoms with E-state index in [0.29, 0.717) is 18.4 Å². The fourth-order valence-electron chi connectivity index (χ4n) is 1.73. The van der Waals surface area contributed by atoms with E-state index in [9.17, 15) is 0 Å². The molecular formula is C9H19NO2. The molecule has 2 unspecified atom stereocenters. The third kappa shape index (κ3) is 2.73. The maximum absolute atomic E-state index is 8.90. The Kier molecular flexibility index (Phi) is 3.98. The molecule has 1 rings (SSSR count). The predicted molar refractivity (Wildman–Crippen MR) is 47.9 cm³/mol. The lowest BCUT2D eigenvalue weighted by atomic mass is 10.1. The van der Waals surface area contributed by atoms with Gasteiger partial charge in [-0.25, -0.2) is 0 Å². The molecule has 1 aliphatic heterocycles. The second-order valence-electron chi connectivity index (χ2n) is 3.88. The molecule has 2 atom stereocenters. The van der Waals surface area contributed by atoms with Crippen LogP contribution in [0.25, 0.3) is 0 Å². The van der Waals surface area contributed by atoms with Crippen LogP contribution in [0.1, 0.15) is 13.3 Å². The molecule has 3 nitrogen and oxygen atoms in total. The van der Waals surface area contributed by atoms with Crippen LogP contribution in [0.5, 0.6) is 0 Å². The Labute approximate surface area is 74.0 Å². The molecule has 0 aromatic rings. The van der Waals surface area contributed by atoms with Crippen LogP contribution >= 0.6 is 0 Å². The van der Waals surface area contributed by atoms with Crippen molar-refractivity contribution in [1.82, 2.24) is 4.90 Å². The first-order valence-electron chi connectivity index (χ1n) is 4.70. The van der Waals surface area contributed by atoms with Crippen molar-refractivity contribution in [2.45, 2.75) is 13.3 Å². The largest absolute Gasteiger partial charge is 0.396 e. The zero-order valence-electron chi connectivity index (χ0n) is 7.74. The number of hydrogen-bond acceptors (Lipinski definition) is 3. The molecule has 1 saturated heterocycles. The highest BCUT2D eigenvalue weighted by Crippen LogP contribution is 2.16. The molecule has 1 aliphatic rings. The van der Waals surface area contributed by atoms with Gasteiger partial charge >= 0.3 is 0 Å². The molecule has 0 amide bonds.